The van der Waals surface area contributed by atoms with Crippen molar-refractivity contribution in [2.75, 3.05) is 12.3 Å². The van der Waals surface area contributed by atoms with Crippen LogP contribution >= 0.6 is 0 Å². The number of benzene rings is 2. The van der Waals surface area contributed by atoms with E-state index in [4.69, 9.17) is 10.5 Å². The molecule has 3 aromatic rings. The Morgan fingerprint density at radius 1 is 1.04 bits per heavy atom. The summed E-state index contributed by atoms with van der Waals surface area (Å²) in [5, 5.41) is 4.44. The monoisotopic (exact) mass is 321 g/mol. The summed E-state index contributed by atoms with van der Waals surface area (Å²) in [6.07, 6.45) is 2.60. The van der Waals surface area contributed by atoms with E-state index >= 15 is 0 Å². The smallest absolute Gasteiger partial charge is 0.0880 e. The van der Waals surface area contributed by atoms with Gasteiger partial charge in [0.15, 0.2) is 0 Å². The highest BCUT2D eigenvalue weighted by Gasteiger charge is 2.10. The van der Waals surface area contributed by atoms with Crippen LogP contribution in [0.5, 0.6) is 0 Å². The molecule has 0 unspecified atom stereocenters. The minimum atomic E-state index is 0.626. The summed E-state index contributed by atoms with van der Waals surface area (Å²) in [7, 11) is 0. The van der Waals surface area contributed by atoms with E-state index in [0.29, 0.717) is 13.2 Å². The fourth-order valence-corrected chi connectivity index (χ4v) is 2.68. The molecule has 1 heterocycles. The van der Waals surface area contributed by atoms with Crippen LogP contribution in [0.25, 0.3) is 5.69 Å². The zero-order valence-electron chi connectivity index (χ0n) is 14.2. The molecule has 124 valence electrons. The van der Waals surface area contributed by atoms with Crippen LogP contribution in [0, 0.1) is 13.8 Å². The van der Waals surface area contributed by atoms with Crippen LogP contribution in [0.2, 0.25) is 0 Å². The summed E-state index contributed by atoms with van der Waals surface area (Å²) >= 11 is 0. The van der Waals surface area contributed by atoms with Gasteiger partial charge in [-0.1, -0.05) is 30.3 Å². The van der Waals surface area contributed by atoms with Crippen LogP contribution in [-0.4, -0.2) is 16.4 Å². The van der Waals surface area contributed by atoms with Gasteiger partial charge >= 0.3 is 0 Å². The quantitative estimate of drug-likeness (QED) is 0.554. The maximum absolute atomic E-state index is 6.19. The number of aromatic nitrogens is 2. The molecule has 2 N–H and O–H groups in total. The number of hydrogen-bond donors (Lipinski definition) is 1. The van der Waals surface area contributed by atoms with E-state index in [0.717, 1.165) is 23.5 Å². The standard InChI is InChI=1S/C20H23N3O/c1-15-12-19(21)20(13-16(15)2)23-18(8-10-22-23)9-11-24-14-17-6-4-3-5-7-17/h3-8,10,12-13H,9,11,14,21H2,1-2H3. The molecule has 4 heteroatoms. The highest BCUT2D eigenvalue weighted by molar-refractivity contribution is 5.61. The molecule has 0 amide bonds. The van der Waals surface area contributed by atoms with Crippen LogP contribution in [0.4, 0.5) is 5.69 Å². The second-order valence-corrected chi connectivity index (χ2v) is 6.02. The second kappa shape index (κ2) is 7.32. The molecule has 0 bridgehead atoms. The lowest BCUT2D eigenvalue weighted by Gasteiger charge is -2.13. The van der Waals surface area contributed by atoms with E-state index in [9.17, 15) is 0 Å². The Morgan fingerprint density at radius 2 is 1.79 bits per heavy atom. The van der Waals surface area contributed by atoms with E-state index in [1.807, 2.05) is 35.0 Å². The number of nitrogen functional groups attached to an aromatic ring is 1. The molecule has 4 nitrogen and oxygen atoms in total. The molecule has 0 saturated heterocycles. The summed E-state index contributed by atoms with van der Waals surface area (Å²) in [6.45, 7) is 5.42. The van der Waals surface area contributed by atoms with Crippen molar-refractivity contribution in [3.63, 3.8) is 0 Å². The van der Waals surface area contributed by atoms with Gasteiger partial charge in [-0.15, -0.1) is 0 Å². The largest absolute Gasteiger partial charge is 0.397 e. The summed E-state index contributed by atoms with van der Waals surface area (Å²) in [5.74, 6) is 0. The van der Waals surface area contributed by atoms with Crippen LogP contribution < -0.4 is 5.73 Å². The van der Waals surface area contributed by atoms with Crippen molar-refractivity contribution in [3.05, 3.63) is 77.1 Å². The summed E-state index contributed by atoms with van der Waals surface area (Å²) in [4.78, 5) is 0. The van der Waals surface area contributed by atoms with Crippen molar-refractivity contribution in [2.45, 2.75) is 26.9 Å². The van der Waals surface area contributed by atoms with Gasteiger partial charge in [0.1, 0.15) is 0 Å². The fourth-order valence-electron chi connectivity index (χ4n) is 2.68. The lowest BCUT2D eigenvalue weighted by molar-refractivity contribution is 0.123. The van der Waals surface area contributed by atoms with Gasteiger partial charge in [-0.05, 0) is 48.7 Å². The Labute approximate surface area is 142 Å². The van der Waals surface area contributed by atoms with Crippen molar-refractivity contribution >= 4 is 5.69 Å². The summed E-state index contributed by atoms with van der Waals surface area (Å²) in [5.41, 5.74) is 12.5. The van der Waals surface area contributed by atoms with Crippen molar-refractivity contribution in [3.8, 4) is 5.69 Å². The number of aryl methyl sites for hydroxylation is 2. The predicted molar refractivity (Wildman–Crippen MR) is 97.3 cm³/mol. The van der Waals surface area contributed by atoms with Crippen LogP contribution in [0.3, 0.4) is 0 Å². The van der Waals surface area contributed by atoms with E-state index in [1.165, 1.54) is 16.7 Å². The molecular weight excluding hydrogens is 298 g/mol. The SMILES string of the molecule is Cc1cc(N)c(-n2nccc2CCOCc2ccccc2)cc1C. The van der Waals surface area contributed by atoms with Crippen molar-refractivity contribution in [1.82, 2.24) is 9.78 Å². The Balaban J connectivity index is 1.66. The normalized spacial score (nSPS) is 10.9. The molecule has 0 saturated carbocycles. The highest BCUT2D eigenvalue weighted by atomic mass is 16.5. The molecule has 0 aliphatic rings. The molecule has 1 aromatic heterocycles. The Hall–Kier alpha value is -2.59. The lowest BCUT2D eigenvalue weighted by Crippen LogP contribution is -2.09. The molecule has 0 aliphatic heterocycles. The third-order valence-corrected chi connectivity index (χ3v) is 4.21. The molecule has 24 heavy (non-hydrogen) atoms. The molecular formula is C20H23N3O. The summed E-state index contributed by atoms with van der Waals surface area (Å²) < 4.78 is 7.69. The van der Waals surface area contributed by atoms with Crippen molar-refractivity contribution < 1.29 is 4.74 Å². The first-order valence-corrected chi connectivity index (χ1v) is 8.17. The van der Waals surface area contributed by atoms with Gasteiger partial charge in [-0.25, -0.2) is 4.68 Å². The number of nitrogens with zero attached hydrogens (tertiary/aromatic N) is 2. The highest BCUT2D eigenvalue weighted by Crippen LogP contribution is 2.23. The van der Waals surface area contributed by atoms with Gasteiger partial charge < -0.3 is 10.5 Å². The Kier molecular flexibility index (Phi) is 4.96. The fraction of sp³-hybridized carbons (Fsp3) is 0.250. The third kappa shape index (κ3) is 3.66. The molecule has 2 aromatic carbocycles. The number of anilines is 1. The van der Waals surface area contributed by atoms with E-state index in [1.54, 1.807) is 6.20 Å². The van der Waals surface area contributed by atoms with E-state index in [-0.39, 0.29) is 0 Å². The predicted octanol–water partition coefficient (Wildman–Crippen LogP) is 3.83. The molecule has 0 fully saturated rings. The second-order valence-electron chi connectivity index (χ2n) is 6.02. The van der Waals surface area contributed by atoms with Crippen LogP contribution in [0.15, 0.2) is 54.7 Å². The first-order chi connectivity index (χ1) is 11.6. The first-order valence-electron chi connectivity index (χ1n) is 8.17. The van der Waals surface area contributed by atoms with E-state index in [2.05, 4.69) is 37.1 Å². The number of ether oxygens (including phenoxy) is 1. The molecule has 0 radical (unpaired) electrons. The van der Waals surface area contributed by atoms with E-state index < -0.39 is 0 Å². The van der Waals surface area contributed by atoms with Gasteiger partial charge in [0.05, 0.1) is 24.6 Å². The van der Waals surface area contributed by atoms with Gasteiger partial charge in [0.2, 0.25) is 0 Å². The van der Waals surface area contributed by atoms with Gasteiger partial charge in [-0.2, -0.15) is 5.10 Å². The molecule has 3 rings (SSSR count). The molecule has 0 spiro atoms. The van der Waals surface area contributed by atoms with Gasteiger partial charge in [0.25, 0.3) is 0 Å². The molecule has 0 atom stereocenters. The van der Waals surface area contributed by atoms with Gasteiger partial charge in [-0.3, -0.25) is 0 Å². The van der Waals surface area contributed by atoms with Crippen LogP contribution in [-0.2, 0) is 17.8 Å². The topological polar surface area (TPSA) is 53.1 Å². The molecule has 0 aliphatic carbocycles. The average Bonchev–Trinajstić information content (AvgIpc) is 3.04. The van der Waals surface area contributed by atoms with Crippen LogP contribution in [0.1, 0.15) is 22.4 Å². The maximum atomic E-state index is 6.19. The maximum Gasteiger partial charge on any atom is 0.0880 e. The minimum Gasteiger partial charge on any atom is -0.397 e. The Morgan fingerprint density at radius 3 is 2.58 bits per heavy atom. The zero-order valence-corrected chi connectivity index (χ0v) is 14.2. The van der Waals surface area contributed by atoms with Crippen molar-refractivity contribution in [2.24, 2.45) is 0 Å². The lowest BCUT2D eigenvalue weighted by atomic mass is 10.1. The van der Waals surface area contributed by atoms with Gasteiger partial charge in [0, 0.05) is 18.3 Å². The van der Waals surface area contributed by atoms with Crippen molar-refractivity contribution in [1.29, 1.82) is 0 Å². The third-order valence-electron chi connectivity index (χ3n) is 4.21. The Bertz CT molecular complexity index is 809. The summed E-state index contributed by atoms with van der Waals surface area (Å²) in [6, 6.07) is 16.3. The average molecular weight is 321 g/mol. The number of rotatable bonds is 6. The number of nitrogens with two attached hydrogens (primary N) is 1. The first kappa shape index (κ1) is 16.3. The number of hydrogen-bond acceptors (Lipinski definition) is 3. The zero-order chi connectivity index (χ0) is 16.9. The minimum absolute atomic E-state index is 0.626.